The lowest BCUT2D eigenvalue weighted by Crippen LogP contribution is -2.29. The van der Waals surface area contributed by atoms with Gasteiger partial charge >= 0.3 is 0 Å². The van der Waals surface area contributed by atoms with Crippen LogP contribution in [0.4, 0.5) is 11.4 Å². The smallest absolute Gasteiger partial charge is 0.0750 e. The summed E-state index contributed by atoms with van der Waals surface area (Å²) in [7, 11) is 2.06. The van der Waals surface area contributed by atoms with Gasteiger partial charge < -0.3 is 15.4 Å². The Morgan fingerprint density at radius 3 is 3.10 bits per heavy atom. The van der Waals surface area contributed by atoms with Crippen molar-refractivity contribution in [2.75, 3.05) is 30.8 Å². The minimum absolute atomic E-state index is 0.301. The first kappa shape index (κ1) is 13.6. The summed E-state index contributed by atoms with van der Waals surface area (Å²) in [6.07, 6.45) is 4.31. The quantitative estimate of drug-likeness (QED) is 0.935. The summed E-state index contributed by atoms with van der Waals surface area (Å²) in [5.74, 6) is 0. The van der Waals surface area contributed by atoms with E-state index < -0.39 is 0 Å². The molecule has 1 aliphatic rings. The fraction of sp³-hybridized carbons (Fsp3) is 0.400. The highest BCUT2D eigenvalue weighted by molar-refractivity contribution is 9.10. The first-order chi connectivity index (χ1) is 9.65. The molecule has 5 heteroatoms. The Hall–Kier alpha value is -1.33. The van der Waals surface area contributed by atoms with E-state index in [0.717, 1.165) is 47.1 Å². The number of halogens is 1. The van der Waals surface area contributed by atoms with Crippen molar-refractivity contribution < 1.29 is 4.74 Å². The van der Waals surface area contributed by atoms with Gasteiger partial charge in [-0.05, 0) is 31.0 Å². The van der Waals surface area contributed by atoms with Crippen molar-refractivity contribution in [2.24, 2.45) is 0 Å². The van der Waals surface area contributed by atoms with Crippen LogP contribution in [0.5, 0.6) is 0 Å². The molecule has 1 unspecified atom stereocenters. The first-order valence-corrected chi connectivity index (χ1v) is 7.61. The number of pyridine rings is 1. The van der Waals surface area contributed by atoms with Crippen molar-refractivity contribution in [3.8, 4) is 0 Å². The van der Waals surface area contributed by atoms with Crippen molar-refractivity contribution in [1.82, 2.24) is 4.98 Å². The second-order valence-corrected chi connectivity index (χ2v) is 6.15. The molecule has 1 aliphatic heterocycles. The Balaban J connectivity index is 1.99. The summed E-state index contributed by atoms with van der Waals surface area (Å²) >= 11 is 3.52. The number of nitrogens with two attached hydrogens (primary N) is 1. The number of nitrogen functional groups attached to an aromatic ring is 1. The fourth-order valence-corrected chi connectivity index (χ4v) is 3.14. The van der Waals surface area contributed by atoms with Gasteiger partial charge in [0.1, 0.15) is 0 Å². The topological polar surface area (TPSA) is 51.4 Å². The molecule has 0 aliphatic carbocycles. The van der Waals surface area contributed by atoms with Crippen molar-refractivity contribution in [2.45, 2.75) is 18.9 Å². The number of hydrogen-bond donors (Lipinski definition) is 1. The second kappa shape index (κ2) is 5.58. The Morgan fingerprint density at radius 1 is 1.50 bits per heavy atom. The summed E-state index contributed by atoms with van der Waals surface area (Å²) in [4.78, 5) is 6.58. The van der Waals surface area contributed by atoms with Crippen LogP contribution in [0.15, 0.2) is 28.9 Å². The minimum Gasteiger partial charge on any atom is -0.396 e. The van der Waals surface area contributed by atoms with Crippen LogP contribution in [0.2, 0.25) is 0 Å². The summed E-state index contributed by atoms with van der Waals surface area (Å²) in [5, 5.41) is 1.07. The van der Waals surface area contributed by atoms with Gasteiger partial charge in [-0.2, -0.15) is 0 Å². The molecule has 4 nitrogen and oxygen atoms in total. The van der Waals surface area contributed by atoms with E-state index in [1.54, 1.807) is 6.20 Å². The van der Waals surface area contributed by atoms with Crippen LogP contribution in [-0.2, 0) is 4.74 Å². The maximum Gasteiger partial charge on any atom is 0.0750 e. The zero-order valence-electron chi connectivity index (χ0n) is 11.5. The molecule has 0 saturated carbocycles. The number of rotatable bonds is 3. The molecule has 2 aromatic rings. The van der Waals surface area contributed by atoms with E-state index in [0.29, 0.717) is 11.8 Å². The number of likely N-dealkylation sites (N-methyl/N-ethyl adjacent to an activating group) is 1. The third-order valence-electron chi connectivity index (χ3n) is 3.71. The highest BCUT2D eigenvalue weighted by Gasteiger charge is 2.20. The number of anilines is 2. The van der Waals surface area contributed by atoms with E-state index in [9.17, 15) is 0 Å². The zero-order chi connectivity index (χ0) is 14.1. The lowest BCUT2D eigenvalue weighted by Gasteiger charge is -2.25. The molecule has 1 fully saturated rings. The van der Waals surface area contributed by atoms with Crippen LogP contribution in [0, 0.1) is 0 Å². The third kappa shape index (κ3) is 2.60. The SMILES string of the molecule is CN(CC1CCCO1)c1c(N)cnc2ccc(Br)cc12. The average molecular weight is 336 g/mol. The predicted molar refractivity (Wildman–Crippen MR) is 86.1 cm³/mol. The van der Waals surface area contributed by atoms with Crippen LogP contribution in [0.25, 0.3) is 10.9 Å². The van der Waals surface area contributed by atoms with E-state index in [2.05, 4.69) is 38.9 Å². The van der Waals surface area contributed by atoms with Crippen LogP contribution in [-0.4, -0.2) is 31.3 Å². The number of hydrogen-bond acceptors (Lipinski definition) is 4. The Kier molecular flexibility index (Phi) is 3.81. The third-order valence-corrected chi connectivity index (χ3v) is 4.21. The number of nitrogens with zero attached hydrogens (tertiary/aromatic N) is 2. The second-order valence-electron chi connectivity index (χ2n) is 5.24. The predicted octanol–water partition coefficient (Wildman–Crippen LogP) is 3.19. The van der Waals surface area contributed by atoms with E-state index in [1.165, 1.54) is 0 Å². The molecule has 0 amide bonds. The van der Waals surface area contributed by atoms with Gasteiger partial charge in [0, 0.05) is 30.1 Å². The highest BCUT2D eigenvalue weighted by atomic mass is 79.9. The Labute approximate surface area is 127 Å². The average Bonchev–Trinajstić information content (AvgIpc) is 2.91. The number of ether oxygens (including phenoxy) is 1. The molecule has 3 rings (SSSR count). The summed E-state index contributed by atoms with van der Waals surface area (Å²) < 4.78 is 6.75. The van der Waals surface area contributed by atoms with Crippen molar-refractivity contribution >= 4 is 38.2 Å². The van der Waals surface area contributed by atoms with Gasteiger partial charge in [-0.15, -0.1) is 0 Å². The molecule has 2 N–H and O–H groups in total. The van der Waals surface area contributed by atoms with Gasteiger partial charge in [-0.25, -0.2) is 0 Å². The van der Waals surface area contributed by atoms with Crippen molar-refractivity contribution in [3.05, 3.63) is 28.9 Å². The van der Waals surface area contributed by atoms with Gasteiger partial charge in [0.05, 0.1) is 29.2 Å². The number of benzene rings is 1. The molecule has 1 aromatic carbocycles. The Bertz CT molecular complexity index is 621. The molecule has 106 valence electrons. The molecule has 0 radical (unpaired) electrons. The normalized spacial score (nSPS) is 18.6. The van der Waals surface area contributed by atoms with E-state index in [4.69, 9.17) is 10.5 Å². The van der Waals surface area contributed by atoms with Crippen LogP contribution in [0.3, 0.4) is 0 Å². The first-order valence-electron chi connectivity index (χ1n) is 6.81. The van der Waals surface area contributed by atoms with Gasteiger partial charge in [0.25, 0.3) is 0 Å². The molecule has 1 atom stereocenters. The molecular formula is C15H18BrN3O. The van der Waals surface area contributed by atoms with Gasteiger partial charge in [0.2, 0.25) is 0 Å². The Morgan fingerprint density at radius 2 is 2.35 bits per heavy atom. The largest absolute Gasteiger partial charge is 0.396 e. The van der Waals surface area contributed by atoms with Crippen LogP contribution >= 0.6 is 15.9 Å². The maximum absolute atomic E-state index is 6.15. The lowest BCUT2D eigenvalue weighted by molar-refractivity contribution is 0.116. The fourth-order valence-electron chi connectivity index (χ4n) is 2.78. The molecule has 0 spiro atoms. The van der Waals surface area contributed by atoms with Gasteiger partial charge in [0.15, 0.2) is 0 Å². The zero-order valence-corrected chi connectivity index (χ0v) is 13.1. The molecule has 1 aromatic heterocycles. The molecular weight excluding hydrogens is 318 g/mol. The van der Waals surface area contributed by atoms with Crippen molar-refractivity contribution in [1.29, 1.82) is 0 Å². The molecule has 0 bridgehead atoms. The lowest BCUT2D eigenvalue weighted by atomic mass is 10.1. The van der Waals surface area contributed by atoms with E-state index >= 15 is 0 Å². The van der Waals surface area contributed by atoms with Gasteiger partial charge in [-0.3, -0.25) is 4.98 Å². The summed E-state index contributed by atoms with van der Waals surface area (Å²) in [5.41, 5.74) is 8.85. The van der Waals surface area contributed by atoms with E-state index in [1.807, 2.05) is 12.1 Å². The maximum atomic E-state index is 6.15. The van der Waals surface area contributed by atoms with E-state index in [-0.39, 0.29) is 0 Å². The summed E-state index contributed by atoms with van der Waals surface area (Å²) in [6, 6.07) is 6.07. The minimum atomic E-state index is 0.301. The molecule has 20 heavy (non-hydrogen) atoms. The molecule has 1 saturated heterocycles. The summed E-state index contributed by atoms with van der Waals surface area (Å²) in [6.45, 7) is 1.73. The van der Waals surface area contributed by atoms with Crippen molar-refractivity contribution in [3.63, 3.8) is 0 Å². The van der Waals surface area contributed by atoms with Crippen LogP contribution in [0.1, 0.15) is 12.8 Å². The van der Waals surface area contributed by atoms with Gasteiger partial charge in [-0.1, -0.05) is 15.9 Å². The standard InChI is InChI=1S/C15H18BrN3O/c1-19(9-11-3-2-6-20-11)15-12-7-10(16)4-5-14(12)18-8-13(15)17/h4-5,7-8,11H,2-3,6,9,17H2,1H3. The number of fused-ring (bicyclic) bond motifs is 1. The highest BCUT2D eigenvalue weighted by Crippen LogP contribution is 2.33. The van der Waals surface area contributed by atoms with Crippen LogP contribution < -0.4 is 10.6 Å². The molecule has 2 heterocycles. The monoisotopic (exact) mass is 335 g/mol. The number of aromatic nitrogens is 1.